The first-order valence-corrected chi connectivity index (χ1v) is 9.40. The lowest BCUT2D eigenvalue weighted by Crippen LogP contribution is -2.20. The minimum Gasteiger partial charge on any atom is -0.493 e. The third-order valence-corrected chi connectivity index (χ3v) is 4.80. The van der Waals surface area contributed by atoms with Crippen LogP contribution in [0.25, 0.3) is 0 Å². The summed E-state index contributed by atoms with van der Waals surface area (Å²) in [5.41, 5.74) is 2.38. The lowest BCUT2D eigenvalue weighted by atomic mass is 9.96. The van der Waals surface area contributed by atoms with Crippen molar-refractivity contribution in [3.05, 3.63) is 29.1 Å². The Morgan fingerprint density at radius 1 is 1.20 bits per heavy atom. The molecular weight excluding hydrogens is 334 g/mol. The van der Waals surface area contributed by atoms with Crippen LogP contribution in [0, 0.1) is 6.92 Å². The van der Waals surface area contributed by atoms with Gasteiger partial charge in [0.15, 0.2) is 17.3 Å². The van der Waals surface area contributed by atoms with E-state index >= 15 is 0 Å². The molecule has 0 saturated carbocycles. The van der Waals surface area contributed by atoms with Crippen molar-refractivity contribution in [3.63, 3.8) is 0 Å². The third kappa shape index (κ3) is 5.16. The summed E-state index contributed by atoms with van der Waals surface area (Å²) < 4.78 is 15.9. The number of hydrogen-bond acceptors (Lipinski definition) is 6. The van der Waals surface area contributed by atoms with Crippen molar-refractivity contribution in [1.82, 2.24) is 14.3 Å². The van der Waals surface area contributed by atoms with Gasteiger partial charge in [-0.1, -0.05) is 27.7 Å². The van der Waals surface area contributed by atoms with E-state index in [0.29, 0.717) is 10.9 Å². The number of aryl methyl sites for hydroxylation is 1. The van der Waals surface area contributed by atoms with Gasteiger partial charge in [-0.05, 0) is 50.2 Å². The van der Waals surface area contributed by atoms with Gasteiger partial charge in [0.05, 0.1) is 7.11 Å². The molecule has 1 aromatic heterocycles. The summed E-state index contributed by atoms with van der Waals surface area (Å²) in [7, 11) is 3.80. The molecule has 2 aromatic rings. The average molecular weight is 364 g/mol. The Bertz CT molecular complexity index is 707. The predicted octanol–water partition coefficient (Wildman–Crippen LogP) is 4.44. The molecule has 2 rings (SSSR count). The maximum Gasteiger partial charge on any atom is 0.298 e. The van der Waals surface area contributed by atoms with Gasteiger partial charge in [0.25, 0.3) is 5.19 Å². The van der Waals surface area contributed by atoms with Crippen LogP contribution in [0.3, 0.4) is 0 Å². The summed E-state index contributed by atoms with van der Waals surface area (Å²) in [5, 5.41) is 0.543. The van der Waals surface area contributed by atoms with Gasteiger partial charge in [-0.25, -0.2) is 0 Å². The van der Waals surface area contributed by atoms with Crippen molar-refractivity contribution in [2.24, 2.45) is 0 Å². The summed E-state index contributed by atoms with van der Waals surface area (Å²) in [4.78, 5) is 6.80. The Kier molecular flexibility index (Phi) is 6.41. The van der Waals surface area contributed by atoms with Crippen LogP contribution in [0.4, 0.5) is 0 Å². The second-order valence-corrected chi connectivity index (χ2v) is 8.03. The second-order valence-electron chi connectivity index (χ2n) is 7.31. The first-order chi connectivity index (χ1) is 11.7. The molecule has 0 spiro atoms. The monoisotopic (exact) mass is 363 g/mol. The van der Waals surface area contributed by atoms with Gasteiger partial charge in [0.2, 0.25) is 0 Å². The van der Waals surface area contributed by atoms with Gasteiger partial charge in [0.1, 0.15) is 0 Å². The molecule has 0 bridgehead atoms. The summed E-state index contributed by atoms with van der Waals surface area (Å²) in [6, 6.07) is 4.10. The van der Waals surface area contributed by atoms with Crippen molar-refractivity contribution < 1.29 is 9.47 Å². The van der Waals surface area contributed by atoms with Crippen molar-refractivity contribution in [3.8, 4) is 16.7 Å². The maximum atomic E-state index is 5.97. The lowest BCUT2D eigenvalue weighted by molar-refractivity contribution is 0.355. The number of benzene rings is 1. The molecule has 0 aliphatic carbocycles. The van der Waals surface area contributed by atoms with Gasteiger partial charge in [-0.2, -0.15) is 9.36 Å². The molecule has 0 aliphatic heterocycles. The number of nitrogens with zero attached hydrogens (tertiary/aromatic N) is 3. The SMILES string of the molecule is CCN(C)CCc1cc(OC)c(Oc2nc(C(C)(C)C)ns2)cc1C. The number of likely N-dealkylation sites (N-methyl/N-ethyl adjacent to an activating group) is 1. The largest absolute Gasteiger partial charge is 0.493 e. The molecule has 0 unspecified atom stereocenters. The average Bonchev–Trinajstić information content (AvgIpc) is 3.02. The molecule has 1 heterocycles. The standard InChI is InChI=1S/C19H29N3O2S/c1-8-22(6)10-9-14-12-15(23-7)16(11-13(14)2)24-18-20-17(21-25-18)19(3,4)5/h11-12H,8-10H2,1-7H3. The van der Waals surface area contributed by atoms with Crippen LogP contribution in [-0.2, 0) is 11.8 Å². The number of rotatable bonds is 7. The molecule has 0 radical (unpaired) electrons. The molecule has 0 amide bonds. The molecule has 0 fully saturated rings. The van der Waals surface area contributed by atoms with E-state index in [1.807, 2.05) is 6.07 Å². The van der Waals surface area contributed by atoms with Crippen molar-refractivity contribution in [1.29, 1.82) is 0 Å². The molecule has 0 saturated heterocycles. The highest BCUT2D eigenvalue weighted by Crippen LogP contribution is 2.36. The molecule has 0 atom stereocenters. The summed E-state index contributed by atoms with van der Waals surface area (Å²) in [6.45, 7) is 12.6. The molecule has 25 heavy (non-hydrogen) atoms. The van der Waals surface area contributed by atoms with E-state index in [1.165, 1.54) is 22.7 Å². The first kappa shape index (κ1) is 19.7. The number of ether oxygens (including phenoxy) is 2. The van der Waals surface area contributed by atoms with Crippen LogP contribution in [0.2, 0.25) is 0 Å². The minimum absolute atomic E-state index is 0.0900. The van der Waals surface area contributed by atoms with Gasteiger partial charge < -0.3 is 14.4 Å². The Morgan fingerprint density at radius 2 is 1.92 bits per heavy atom. The van der Waals surface area contributed by atoms with Crippen LogP contribution in [0.5, 0.6) is 16.7 Å². The zero-order valence-corrected chi connectivity index (χ0v) is 17.2. The van der Waals surface area contributed by atoms with Crippen molar-refractivity contribution in [2.45, 2.75) is 46.5 Å². The van der Waals surface area contributed by atoms with Gasteiger partial charge in [-0.15, -0.1) is 0 Å². The molecule has 138 valence electrons. The van der Waals surface area contributed by atoms with E-state index in [9.17, 15) is 0 Å². The molecule has 1 aromatic carbocycles. The highest BCUT2D eigenvalue weighted by molar-refractivity contribution is 7.07. The van der Waals surface area contributed by atoms with Crippen LogP contribution in [-0.4, -0.2) is 41.5 Å². The van der Waals surface area contributed by atoms with E-state index in [-0.39, 0.29) is 5.41 Å². The molecular formula is C19H29N3O2S. The molecule has 6 heteroatoms. The normalized spacial score (nSPS) is 11.8. The number of aromatic nitrogens is 2. The third-order valence-electron chi connectivity index (χ3n) is 4.20. The topological polar surface area (TPSA) is 47.5 Å². The van der Waals surface area contributed by atoms with E-state index in [0.717, 1.165) is 31.1 Å². The fraction of sp³-hybridized carbons (Fsp3) is 0.579. The van der Waals surface area contributed by atoms with Crippen LogP contribution < -0.4 is 9.47 Å². The molecule has 0 aliphatic rings. The number of methoxy groups -OCH3 is 1. The van der Waals surface area contributed by atoms with Gasteiger partial charge >= 0.3 is 0 Å². The van der Waals surface area contributed by atoms with E-state index < -0.39 is 0 Å². The molecule has 0 N–H and O–H groups in total. The van der Waals surface area contributed by atoms with Crippen LogP contribution in [0.15, 0.2) is 12.1 Å². The second kappa shape index (κ2) is 8.15. The zero-order valence-electron chi connectivity index (χ0n) is 16.3. The first-order valence-electron chi connectivity index (χ1n) is 8.62. The summed E-state index contributed by atoms with van der Waals surface area (Å²) in [5.74, 6) is 2.21. The molecule has 5 nitrogen and oxygen atoms in total. The smallest absolute Gasteiger partial charge is 0.298 e. The maximum absolute atomic E-state index is 5.97. The minimum atomic E-state index is -0.0900. The highest BCUT2D eigenvalue weighted by atomic mass is 32.1. The summed E-state index contributed by atoms with van der Waals surface area (Å²) >= 11 is 1.27. The van der Waals surface area contributed by atoms with E-state index in [1.54, 1.807) is 7.11 Å². The van der Waals surface area contributed by atoms with Crippen LogP contribution >= 0.6 is 11.5 Å². The zero-order chi connectivity index (χ0) is 18.6. The Balaban J connectivity index is 2.20. The van der Waals surface area contributed by atoms with E-state index in [2.05, 4.69) is 62.0 Å². The highest BCUT2D eigenvalue weighted by Gasteiger charge is 2.21. The van der Waals surface area contributed by atoms with E-state index in [4.69, 9.17) is 9.47 Å². The van der Waals surface area contributed by atoms with Crippen LogP contribution in [0.1, 0.15) is 44.6 Å². The van der Waals surface area contributed by atoms with Crippen molar-refractivity contribution >= 4 is 11.5 Å². The Morgan fingerprint density at radius 3 is 2.48 bits per heavy atom. The predicted molar refractivity (Wildman–Crippen MR) is 103 cm³/mol. The summed E-state index contributed by atoms with van der Waals surface area (Å²) in [6.07, 6.45) is 0.986. The van der Waals surface area contributed by atoms with Gasteiger partial charge in [-0.3, -0.25) is 0 Å². The quantitative estimate of drug-likeness (QED) is 0.728. The van der Waals surface area contributed by atoms with Crippen molar-refractivity contribution in [2.75, 3.05) is 27.2 Å². The Hall–Kier alpha value is -1.66. The lowest BCUT2D eigenvalue weighted by Gasteiger charge is -2.17. The fourth-order valence-corrected chi connectivity index (χ4v) is 3.07. The number of hydrogen-bond donors (Lipinski definition) is 0. The Labute approximate surface area is 155 Å². The fourth-order valence-electron chi connectivity index (χ4n) is 2.33. The van der Waals surface area contributed by atoms with Gasteiger partial charge in [0, 0.05) is 23.5 Å².